The molecule has 1 unspecified atom stereocenters. The van der Waals surface area contributed by atoms with Crippen molar-refractivity contribution < 1.29 is 23.9 Å². The van der Waals surface area contributed by atoms with E-state index in [0.29, 0.717) is 23.4 Å². The zero-order valence-corrected chi connectivity index (χ0v) is 23.0. The lowest BCUT2D eigenvalue weighted by molar-refractivity contribution is -0.133. The van der Waals surface area contributed by atoms with E-state index >= 15 is 0 Å². The van der Waals surface area contributed by atoms with Crippen LogP contribution in [0.5, 0.6) is 11.5 Å². The fourth-order valence-corrected chi connectivity index (χ4v) is 6.20. The molecule has 6 rings (SSSR count). The van der Waals surface area contributed by atoms with E-state index in [0.717, 1.165) is 66.2 Å². The number of carbonyl (C=O) groups is 3. The van der Waals surface area contributed by atoms with Gasteiger partial charge in [0, 0.05) is 53.7 Å². The Hall–Kier alpha value is -4.33. The van der Waals surface area contributed by atoms with Crippen molar-refractivity contribution in [1.29, 1.82) is 0 Å². The normalized spacial score (nSPS) is 18.9. The summed E-state index contributed by atoms with van der Waals surface area (Å²) in [6.07, 6.45) is 2.47. The van der Waals surface area contributed by atoms with E-state index in [1.54, 1.807) is 13.2 Å². The molecule has 3 heterocycles. The number of ketones is 1. The number of esters is 1. The Morgan fingerprint density at radius 2 is 1.80 bits per heavy atom. The molecule has 1 atom stereocenters. The number of nitrogens with one attached hydrogen (secondary N) is 1. The summed E-state index contributed by atoms with van der Waals surface area (Å²) in [5.41, 5.74) is 5.77. The standard InChI is InChI=1S/C32H33N3O5/c1-19-15-23(18-28-29(19)20(2)31(37)40-28)30(36)22-5-4-6-25(16-22)34-12-10-24(11-13-34)35-14-9-21-17-26(39-3)7-8-27(21)33-32(35)38/h4-8,15-18,20,24H,9-14H2,1-3H3,(H,33,38). The molecule has 3 aliphatic heterocycles. The first-order chi connectivity index (χ1) is 19.3. The number of methoxy groups -OCH3 is 1. The van der Waals surface area contributed by atoms with Crippen LogP contribution >= 0.6 is 0 Å². The van der Waals surface area contributed by atoms with Crippen LogP contribution in [0.1, 0.15) is 58.3 Å². The zero-order valence-electron chi connectivity index (χ0n) is 23.0. The minimum Gasteiger partial charge on any atom is -0.497 e. The average molecular weight is 540 g/mol. The van der Waals surface area contributed by atoms with Crippen LogP contribution < -0.4 is 19.7 Å². The summed E-state index contributed by atoms with van der Waals surface area (Å²) in [5.74, 6) is 0.578. The Morgan fingerprint density at radius 1 is 1.00 bits per heavy atom. The van der Waals surface area contributed by atoms with Gasteiger partial charge in [0.25, 0.3) is 0 Å². The van der Waals surface area contributed by atoms with Crippen LogP contribution in [-0.4, -0.2) is 55.5 Å². The summed E-state index contributed by atoms with van der Waals surface area (Å²) in [7, 11) is 1.65. The predicted molar refractivity (Wildman–Crippen MR) is 153 cm³/mol. The fraction of sp³-hybridized carbons (Fsp3) is 0.344. The molecular weight excluding hydrogens is 506 g/mol. The highest BCUT2D eigenvalue weighted by Crippen LogP contribution is 2.38. The van der Waals surface area contributed by atoms with Crippen LogP contribution in [0.4, 0.5) is 16.2 Å². The lowest BCUT2D eigenvalue weighted by Gasteiger charge is -2.39. The number of fused-ring (bicyclic) bond motifs is 2. The molecule has 0 aliphatic carbocycles. The van der Waals surface area contributed by atoms with Gasteiger partial charge in [0.1, 0.15) is 11.5 Å². The molecule has 0 saturated carbocycles. The van der Waals surface area contributed by atoms with Crippen LogP contribution in [0, 0.1) is 6.92 Å². The third kappa shape index (κ3) is 4.68. The van der Waals surface area contributed by atoms with Crippen LogP contribution in [0.25, 0.3) is 0 Å². The van der Waals surface area contributed by atoms with Crippen molar-refractivity contribution in [3.05, 3.63) is 82.4 Å². The molecule has 0 bridgehead atoms. The van der Waals surface area contributed by atoms with E-state index in [2.05, 4.69) is 10.2 Å². The Bertz CT molecular complexity index is 1510. The highest BCUT2D eigenvalue weighted by atomic mass is 16.5. The highest BCUT2D eigenvalue weighted by molar-refractivity contribution is 6.10. The zero-order chi connectivity index (χ0) is 28.0. The van der Waals surface area contributed by atoms with Crippen LogP contribution in [0.2, 0.25) is 0 Å². The number of urea groups is 1. The Morgan fingerprint density at radius 3 is 2.58 bits per heavy atom. The molecule has 3 aliphatic rings. The maximum absolute atomic E-state index is 13.4. The van der Waals surface area contributed by atoms with Gasteiger partial charge < -0.3 is 24.6 Å². The summed E-state index contributed by atoms with van der Waals surface area (Å²) < 4.78 is 10.8. The molecule has 40 heavy (non-hydrogen) atoms. The summed E-state index contributed by atoms with van der Waals surface area (Å²) >= 11 is 0. The molecule has 1 saturated heterocycles. The van der Waals surface area contributed by atoms with Gasteiger partial charge in [-0.2, -0.15) is 0 Å². The maximum Gasteiger partial charge on any atom is 0.322 e. The number of amides is 2. The minimum atomic E-state index is -0.315. The Labute approximate surface area is 233 Å². The molecule has 2 amide bonds. The molecule has 206 valence electrons. The fourth-order valence-electron chi connectivity index (χ4n) is 6.20. The van der Waals surface area contributed by atoms with E-state index in [9.17, 15) is 14.4 Å². The van der Waals surface area contributed by atoms with Gasteiger partial charge >= 0.3 is 12.0 Å². The van der Waals surface area contributed by atoms with Gasteiger partial charge in [0.2, 0.25) is 0 Å². The van der Waals surface area contributed by atoms with Crippen LogP contribution in [0.15, 0.2) is 54.6 Å². The van der Waals surface area contributed by atoms with Gasteiger partial charge in [-0.25, -0.2) is 4.79 Å². The molecular formula is C32H33N3O5. The number of anilines is 2. The van der Waals surface area contributed by atoms with Crippen molar-refractivity contribution in [3.63, 3.8) is 0 Å². The second kappa shape index (κ2) is 10.3. The molecule has 1 fully saturated rings. The molecule has 0 spiro atoms. The summed E-state index contributed by atoms with van der Waals surface area (Å²) in [5, 5.41) is 3.08. The van der Waals surface area contributed by atoms with Gasteiger partial charge in [-0.15, -0.1) is 0 Å². The third-order valence-corrected chi connectivity index (χ3v) is 8.42. The SMILES string of the molecule is COc1ccc2c(c1)CCN(C1CCN(c3cccc(C(=O)c4cc(C)c5c(c4)OC(=O)C5C)c3)CC1)C(=O)N2. The van der Waals surface area contributed by atoms with E-state index in [1.165, 1.54) is 0 Å². The van der Waals surface area contributed by atoms with Crippen molar-refractivity contribution in [3.8, 4) is 11.5 Å². The largest absolute Gasteiger partial charge is 0.497 e. The highest BCUT2D eigenvalue weighted by Gasteiger charge is 2.33. The van der Waals surface area contributed by atoms with E-state index < -0.39 is 0 Å². The number of nitrogens with zero attached hydrogens (tertiary/aromatic N) is 2. The van der Waals surface area contributed by atoms with Crippen LogP contribution in [-0.2, 0) is 11.2 Å². The van der Waals surface area contributed by atoms with Gasteiger partial charge in [-0.3, -0.25) is 9.59 Å². The molecule has 0 radical (unpaired) electrons. The van der Waals surface area contributed by atoms with E-state index in [1.807, 2.05) is 67.3 Å². The molecule has 8 nitrogen and oxygen atoms in total. The van der Waals surface area contributed by atoms with Gasteiger partial charge in [-0.05, 0) is 86.7 Å². The summed E-state index contributed by atoms with van der Waals surface area (Å²) in [6, 6.07) is 17.1. The number of carbonyl (C=O) groups excluding carboxylic acids is 3. The predicted octanol–water partition coefficient (Wildman–Crippen LogP) is 5.32. The van der Waals surface area contributed by atoms with Gasteiger partial charge in [0.05, 0.1) is 13.0 Å². The first-order valence-corrected chi connectivity index (χ1v) is 13.8. The molecule has 3 aromatic carbocycles. The van der Waals surface area contributed by atoms with E-state index in [-0.39, 0.29) is 29.7 Å². The van der Waals surface area contributed by atoms with Crippen LogP contribution in [0.3, 0.4) is 0 Å². The summed E-state index contributed by atoms with van der Waals surface area (Å²) in [6.45, 7) is 5.98. The van der Waals surface area contributed by atoms with E-state index in [4.69, 9.17) is 9.47 Å². The lowest BCUT2D eigenvalue weighted by atomic mass is 9.93. The van der Waals surface area contributed by atoms with Crippen molar-refractivity contribution in [2.24, 2.45) is 0 Å². The number of aryl methyl sites for hydroxylation is 1. The number of hydrogen-bond donors (Lipinski definition) is 1. The second-order valence-electron chi connectivity index (χ2n) is 10.8. The quantitative estimate of drug-likeness (QED) is 0.268. The molecule has 3 aromatic rings. The Kier molecular flexibility index (Phi) is 6.70. The summed E-state index contributed by atoms with van der Waals surface area (Å²) in [4.78, 5) is 42.8. The third-order valence-electron chi connectivity index (χ3n) is 8.42. The monoisotopic (exact) mass is 539 g/mol. The Balaban J connectivity index is 1.13. The smallest absolute Gasteiger partial charge is 0.322 e. The topological polar surface area (TPSA) is 88.2 Å². The van der Waals surface area contributed by atoms with Crippen molar-refractivity contribution in [2.75, 3.05) is 37.0 Å². The lowest BCUT2D eigenvalue weighted by Crippen LogP contribution is -2.48. The maximum atomic E-state index is 13.4. The molecule has 0 aromatic heterocycles. The van der Waals surface area contributed by atoms with Gasteiger partial charge in [-0.1, -0.05) is 12.1 Å². The second-order valence-corrected chi connectivity index (χ2v) is 10.8. The number of hydrogen-bond acceptors (Lipinski definition) is 6. The molecule has 1 N–H and O–H groups in total. The van der Waals surface area contributed by atoms with Gasteiger partial charge in [0.15, 0.2) is 5.78 Å². The van der Waals surface area contributed by atoms with Crippen molar-refractivity contribution >= 4 is 29.2 Å². The van der Waals surface area contributed by atoms with Crippen molar-refractivity contribution in [1.82, 2.24) is 4.90 Å². The number of ether oxygens (including phenoxy) is 2. The molecule has 8 heteroatoms. The first-order valence-electron chi connectivity index (χ1n) is 13.8. The first kappa shape index (κ1) is 25.9. The minimum absolute atomic E-state index is 0.0559. The number of rotatable bonds is 5. The average Bonchev–Trinajstić information content (AvgIpc) is 3.15. The number of benzene rings is 3. The number of piperidine rings is 1. The van der Waals surface area contributed by atoms with Crippen molar-refractivity contribution in [2.45, 2.75) is 45.1 Å².